The number of primary amides is 1. The zero-order valence-electron chi connectivity index (χ0n) is 12.0. The van der Waals surface area contributed by atoms with Crippen LogP contribution >= 0.6 is 0 Å². The number of nitrogens with two attached hydrogens (primary N) is 1. The van der Waals surface area contributed by atoms with Gasteiger partial charge in [-0.25, -0.2) is 4.39 Å². The summed E-state index contributed by atoms with van der Waals surface area (Å²) in [6.45, 7) is 0. The number of nitrogens with one attached hydrogen (secondary N) is 1. The van der Waals surface area contributed by atoms with Gasteiger partial charge in [-0.3, -0.25) is 9.59 Å². The number of furan rings is 1. The summed E-state index contributed by atoms with van der Waals surface area (Å²) in [5.41, 5.74) is 6.62. The van der Waals surface area contributed by atoms with E-state index < -0.39 is 23.7 Å². The minimum Gasteiger partial charge on any atom is -0.463 e. The highest BCUT2D eigenvalue weighted by atomic mass is 19.1. The number of benzene rings is 2. The fourth-order valence-corrected chi connectivity index (χ4v) is 2.34. The van der Waals surface area contributed by atoms with Crippen LogP contribution in [0.5, 0.6) is 0 Å². The number of fused-ring (bicyclic) bond motifs is 1. The highest BCUT2D eigenvalue weighted by Gasteiger charge is 2.23. The Morgan fingerprint density at radius 1 is 1.09 bits per heavy atom. The van der Waals surface area contributed by atoms with E-state index in [0.717, 1.165) is 0 Å². The molecule has 0 saturated carbocycles. The van der Waals surface area contributed by atoms with E-state index in [4.69, 9.17) is 10.2 Å². The van der Waals surface area contributed by atoms with Gasteiger partial charge in [0.1, 0.15) is 23.7 Å². The molecule has 0 aliphatic carbocycles. The van der Waals surface area contributed by atoms with Crippen LogP contribution in [0.1, 0.15) is 22.0 Å². The van der Waals surface area contributed by atoms with E-state index in [1.165, 1.54) is 30.5 Å². The minimum atomic E-state index is -1.06. The van der Waals surface area contributed by atoms with Crippen LogP contribution in [-0.2, 0) is 4.79 Å². The Kier molecular flexibility index (Phi) is 3.80. The average Bonchev–Trinajstić information content (AvgIpc) is 2.97. The summed E-state index contributed by atoms with van der Waals surface area (Å²) in [6, 6.07) is 11.2. The van der Waals surface area contributed by atoms with Crippen molar-refractivity contribution < 1.29 is 18.4 Å². The molecule has 0 aliphatic rings. The molecule has 1 aromatic heterocycles. The number of halogens is 1. The summed E-state index contributed by atoms with van der Waals surface area (Å²) in [5, 5.41) is 3.18. The molecule has 116 valence electrons. The van der Waals surface area contributed by atoms with Crippen molar-refractivity contribution in [3.05, 3.63) is 71.7 Å². The summed E-state index contributed by atoms with van der Waals surface area (Å²) in [6.07, 6.45) is 1.32. The standard InChI is InChI=1S/C17H13FN2O3/c18-11-7-5-10(6-8-11)15(16(19)21)20-17(22)13-9-23-14-4-2-1-3-12(13)14/h1-9,15H,(H2,19,21)(H,20,22). The lowest BCUT2D eigenvalue weighted by Crippen LogP contribution is -2.37. The number of amides is 2. The van der Waals surface area contributed by atoms with Crippen molar-refractivity contribution in [1.29, 1.82) is 0 Å². The van der Waals surface area contributed by atoms with Gasteiger partial charge in [0.15, 0.2) is 0 Å². The predicted molar refractivity (Wildman–Crippen MR) is 82.0 cm³/mol. The number of para-hydroxylation sites is 1. The van der Waals surface area contributed by atoms with Crippen molar-refractivity contribution >= 4 is 22.8 Å². The van der Waals surface area contributed by atoms with Crippen LogP contribution < -0.4 is 11.1 Å². The summed E-state index contributed by atoms with van der Waals surface area (Å²) >= 11 is 0. The van der Waals surface area contributed by atoms with E-state index in [2.05, 4.69) is 5.32 Å². The normalized spacial score (nSPS) is 12.0. The fraction of sp³-hybridized carbons (Fsp3) is 0.0588. The van der Waals surface area contributed by atoms with Crippen LogP contribution in [-0.4, -0.2) is 11.8 Å². The van der Waals surface area contributed by atoms with Crippen molar-refractivity contribution in [2.24, 2.45) is 5.73 Å². The number of hydrogen-bond donors (Lipinski definition) is 2. The molecule has 0 aliphatic heterocycles. The second-order valence-corrected chi connectivity index (χ2v) is 5.01. The molecule has 0 bridgehead atoms. The van der Waals surface area contributed by atoms with Gasteiger partial charge in [0.2, 0.25) is 5.91 Å². The van der Waals surface area contributed by atoms with Gasteiger partial charge in [-0.1, -0.05) is 30.3 Å². The third-order valence-electron chi connectivity index (χ3n) is 3.49. The number of carbonyl (C=O) groups excluding carboxylic acids is 2. The molecular weight excluding hydrogens is 299 g/mol. The van der Waals surface area contributed by atoms with E-state index in [9.17, 15) is 14.0 Å². The SMILES string of the molecule is NC(=O)C(NC(=O)c1coc2ccccc12)c1ccc(F)cc1. The van der Waals surface area contributed by atoms with Gasteiger partial charge in [-0.15, -0.1) is 0 Å². The van der Waals surface area contributed by atoms with Crippen molar-refractivity contribution in [3.63, 3.8) is 0 Å². The number of hydrogen-bond acceptors (Lipinski definition) is 3. The van der Waals surface area contributed by atoms with E-state index in [-0.39, 0.29) is 0 Å². The maximum atomic E-state index is 13.0. The molecule has 1 heterocycles. The first-order valence-electron chi connectivity index (χ1n) is 6.88. The molecule has 3 rings (SSSR count). The molecule has 1 unspecified atom stereocenters. The van der Waals surface area contributed by atoms with Gasteiger partial charge in [0.25, 0.3) is 5.91 Å². The Bertz CT molecular complexity index is 871. The molecule has 23 heavy (non-hydrogen) atoms. The Morgan fingerprint density at radius 3 is 2.48 bits per heavy atom. The first-order valence-corrected chi connectivity index (χ1v) is 6.88. The van der Waals surface area contributed by atoms with E-state index >= 15 is 0 Å². The Hall–Kier alpha value is -3.15. The molecule has 3 aromatic rings. The third kappa shape index (κ3) is 2.91. The van der Waals surface area contributed by atoms with Gasteiger partial charge in [-0.05, 0) is 23.8 Å². The van der Waals surface area contributed by atoms with E-state index in [0.29, 0.717) is 22.1 Å². The summed E-state index contributed by atoms with van der Waals surface area (Å²) in [5.74, 6) is -1.68. The molecule has 0 fully saturated rings. The first-order chi connectivity index (χ1) is 11.1. The van der Waals surface area contributed by atoms with Crippen LogP contribution in [0.3, 0.4) is 0 Å². The summed E-state index contributed by atoms with van der Waals surface area (Å²) in [4.78, 5) is 24.1. The Labute approximate surface area is 130 Å². The van der Waals surface area contributed by atoms with Gasteiger partial charge in [0, 0.05) is 5.39 Å². The molecule has 3 N–H and O–H groups in total. The Morgan fingerprint density at radius 2 is 1.78 bits per heavy atom. The molecule has 0 spiro atoms. The number of rotatable bonds is 4. The summed E-state index contributed by atoms with van der Waals surface area (Å²) < 4.78 is 18.3. The topological polar surface area (TPSA) is 85.3 Å². The van der Waals surface area contributed by atoms with Crippen LogP contribution in [0.15, 0.2) is 59.2 Å². The van der Waals surface area contributed by atoms with Gasteiger partial charge in [-0.2, -0.15) is 0 Å². The molecule has 0 saturated heterocycles. The zero-order valence-corrected chi connectivity index (χ0v) is 12.0. The lowest BCUT2D eigenvalue weighted by Gasteiger charge is -2.15. The molecule has 0 radical (unpaired) electrons. The van der Waals surface area contributed by atoms with Crippen molar-refractivity contribution in [1.82, 2.24) is 5.32 Å². The van der Waals surface area contributed by atoms with Crippen LogP contribution in [0, 0.1) is 5.82 Å². The largest absolute Gasteiger partial charge is 0.463 e. The molecule has 1 atom stereocenters. The van der Waals surface area contributed by atoms with Crippen molar-refractivity contribution in [2.45, 2.75) is 6.04 Å². The highest BCUT2D eigenvalue weighted by Crippen LogP contribution is 2.22. The smallest absolute Gasteiger partial charge is 0.256 e. The monoisotopic (exact) mass is 312 g/mol. The fourth-order valence-electron chi connectivity index (χ4n) is 2.34. The molecule has 6 heteroatoms. The van der Waals surface area contributed by atoms with Gasteiger partial charge in [0.05, 0.1) is 5.56 Å². The van der Waals surface area contributed by atoms with Crippen LogP contribution in [0.2, 0.25) is 0 Å². The second-order valence-electron chi connectivity index (χ2n) is 5.01. The quantitative estimate of drug-likeness (QED) is 0.776. The highest BCUT2D eigenvalue weighted by molar-refractivity contribution is 6.07. The van der Waals surface area contributed by atoms with Crippen LogP contribution in [0.4, 0.5) is 4.39 Å². The second kappa shape index (κ2) is 5.92. The molecule has 2 aromatic carbocycles. The molecular formula is C17H13FN2O3. The minimum absolute atomic E-state index is 0.300. The lowest BCUT2D eigenvalue weighted by atomic mass is 10.1. The van der Waals surface area contributed by atoms with Crippen molar-refractivity contribution in [2.75, 3.05) is 0 Å². The maximum Gasteiger partial charge on any atom is 0.256 e. The molecule has 5 nitrogen and oxygen atoms in total. The number of carbonyl (C=O) groups is 2. The maximum absolute atomic E-state index is 13.0. The van der Waals surface area contributed by atoms with Crippen molar-refractivity contribution in [3.8, 4) is 0 Å². The van der Waals surface area contributed by atoms with E-state index in [1.54, 1.807) is 24.3 Å². The predicted octanol–water partition coefficient (Wildman–Crippen LogP) is 2.53. The average molecular weight is 312 g/mol. The molecule has 2 amide bonds. The lowest BCUT2D eigenvalue weighted by molar-refractivity contribution is -0.120. The van der Waals surface area contributed by atoms with Gasteiger partial charge < -0.3 is 15.5 Å². The summed E-state index contributed by atoms with van der Waals surface area (Å²) in [7, 11) is 0. The zero-order chi connectivity index (χ0) is 16.4. The Balaban J connectivity index is 1.89. The van der Waals surface area contributed by atoms with Gasteiger partial charge >= 0.3 is 0 Å². The van der Waals surface area contributed by atoms with E-state index in [1.807, 2.05) is 0 Å². The third-order valence-corrected chi connectivity index (χ3v) is 3.49. The van der Waals surface area contributed by atoms with Crippen LogP contribution in [0.25, 0.3) is 11.0 Å². The first kappa shape index (κ1) is 14.8.